The van der Waals surface area contributed by atoms with Crippen LogP contribution in [0.3, 0.4) is 0 Å². The molecule has 0 aromatic heterocycles. The Bertz CT molecular complexity index is 630. The third-order valence-corrected chi connectivity index (χ3v) is 5.46. The smallest absolute Gasteiger partial charge is 0.317 e. The lowest BCUT2D eigenvalue weighted by atomic mass is 9.91. The predicted octanol–water partition coefficient (Wildman–Crippen LogP) is 0.0706. The summed E-state index contributed by atoms with van der Waals surface area (Å²) in [4.78, 5) is 14.5. The summed E-state index contributed by atoms with van der Waals surface area (Å²) < 4.78 is 5.68. The van der Waals surface area contributed by atoms with Crippen LogP contribution in [0.1, 0.15) is 42.7 Å². The van der Waals surface area contributed by atoms with Gasteiger partial charge in [0.1, 0.15) is 5.92 Å². The summed E-state index contributed by atoms with van der Waals surface area (Å²) >= 11 is 0. The number of likely N-dealkylation sites (tertiary alicyclic amines) is 1. The van der Waals surface area contributed by atoms with Gasteiger partial charge in [-0.05, 0) is 42.7 Å². The Balaban J connectivity index is 0.00000261. The summed E-state index contributed by atoms with van der Waals surface area (Å²) in [6.07, 6.45) is 4.74. The molecule has 1 heterocycles. The number of rotatable bonds is 7. The molecule has 3 rings (SSSR count). The molecule has 0 unspecified atom stereocenters. The molecular weight excluding hydrogens is 358 g/mol. The topological polar surface area (TPSA) is 30.7 Å². The first-order valence-corrected chi connectivity index (χ1v) is 9.82. The molecule has 0 saturated carbocycles. The van der Waals surface area contributed by atoms with Crippen molar-refractivity contribution in [1.82, 2.24) is 0 Å². The second kappa shape index (κ2) is 11.1. The summed E-state index contributed by atoms with van der Waals surface area (Å²) in [6.45, 7) is 3.07. The lowest BCUT2D eigenvalue weighted by Gasteiger charge is -2.26. The van der Waals surface area contributed by atoms with Gasteiger partial charge in [-0.2, -0.15) is 0 Å². The lowest BCUT2D eigenvalue weighted by Crippen LogP contribution is -3.10. The number of piperidine rings is 1. The normalized spacial score (nSPS) is 19.3. The van der Waals surface area contributed by atoms with E-state index in [2.05, 4.69) is 7.05 Å². The Morgan fingerprint density at radius 2 is 1.52 bits per heavy atom. The third kappa shape index (κ3) is 6.37. The summed E-state index contributed by atoms with van der Waals surface area (Å²) in [5.74, 6) is 0.316. The second-order valence-electron chi connectivity index (χ2n) is 7.46. The average Bonchev–Trinajstić information content (AvgIpc) is 2.68. The minimum Gasteiger partial charge on any atom is -1.00 e. The van der Waals surface area contributed by atoms with E-state index in [1.165, 1.54) is 32.4 Å². The van der Waals surface area contributed by atoms with Crippen LogP contribution >= 0.6 is 0 Å². The van der Waals surface area contributed by atoms with Gasteiger partial charge in [0.05, 0.1) is 26.7 Å². The molecule has 0 spiro atoms. The number of nitrogens with one attached hydrogen (secondary N) is 1. The van der Waals surface area contributed by atoms with Gasteiger partial charge < -0.3 is 22.0 Å². The van der Waals surface area contributed by atoms with E-state index in [0.717, 1.165) is 23.5 Å². The first kappa shape index (κ1) is 21.5. The second-order valence-corrected chi connectivity index (χ2v) is 7.46. The maximum absolute atomic E-state index is 12.8. The highest BCUT2D eigenvalue weighted by Crippen LogP contribution is 2.26. The molecule has 1 aliphatic rings. The third-order valence-electron chi connectivity index (χ3n) is 5.46. The van der Waals surface area contributed by atoms with Gasteiger partial charge >= 0.3 is 5.97 Å². The molecule has 0 aliphatic carbocycles. The maximum Gasteiger partial charge on any atom is 0.317 e. The first-order valence-electron chi connectivity index (χ1n) is 9.82. The lowest BCUT2D eigenvalue weighted by molar-refractivity contribution is -0.886. The van der Waals surface area contributed by atoms with Gasteiger partial charge in [0.15, 0.2) is 0 Å². The molecule has 0 atom stereocenters. The van der Waals surface area contributed by atoms with Gasteiger partial charge in [0.2, 0.25) is 0 Å². The van der Waals surface area contributed by atoms with Crippen LogP contribution in [-0.2, 0) is 9.53 Å². The Morgan fingerprint density at radius 3 is 2.04 bits per heavy atom. The van der Waals surface area contributed by atoms with Gasteiger partial charge in [-0.15, -0.1) is 0 Å². The summed E-state index contributed by atoms with van der Waals surface area (Å²) in [6, 6.07) is 19.8. The zero-order valence-corrected chi connectivity index (χ0v) is 16.8. The fourth-order valence-electron chi connectivity index (χ4n) is 3.84. The fourth-order valence-corrected chi connectivity index (χ4v) is 3.84. The van der Waals surface area contributed by atoms with Crippen molar-refractivity contribution in [3.8, 4) is 0 Å². The molecule has 1 aliphatic heterocycles. The van der Waals surface area contributed by atoms with Crippen molar-refractivity contribution in [3.05, 3.63) is 71.8 Å². The van der Waals surface area contributed by atoms with Gasteiger partial charge in [0.25, 0.3) is 0 Å². The van der Waals surface area contributed by atoms with Crippen LogP contribution in [0.25, 0.3) is 0 Å². The number of halogens is 1. The number of quaternary nitrogens is 1. The van der Waals surface area contributed by atoms with Crippen molar-refractivity contribution in [2.75, 3.05) is 26.7 Å². The van der Waals surface area contributed by atoms with E-state index in [-0.39, 0.29) is 24.3 Å². The number of hydrogen-bond acceptors (Lipinski definition) is 2. The number of carbonyl (C=O) groups is 1. The van der Waals surface area contributed by atoms with Crippen molar-refractivity contribution >= 4 is 5.97 Å². The van der Waals surface area contributed by atoms with E-state index in [1.54, 1.807) is 4.90 Å². The molecule has 2 aromatic rings. The van der Waals surface area contributed by atoms with Crippen LogP contribution in [-0.4, -0.2) is 32.7 Å². The van der Waals surface area contributed by atoms with Crippen molar-refractivity contribution in [1.29, 1.82) is 0 Å². The Kier molecular flexibility index (Phi) is 8.83. The number of esters is 1. The SMILES string of the molecule is C[NH+]1CCC(CCCOC(=O)C(c2ccccc2)c2ccccc2)CC1.[Cl-]. The van der Waals surface area contributed by atoms with Crippen LogP contribution in [0.4, 0.5) is 0 Å². The van der Waals surface area contributed by atoms with E-state index in [0.29, 0.717) is 6.61 Å². The zero-order chi connectivity index (χ0) is 18.2. The number of carbonyl (C=O) groups excluding carboxylic acids is 1. The number of ether oxygens (including phenoxy) is 1. The molecule has 2 aromatic carbocycles. The molecule has 3 nitrogen and oxygen atoms in total. The average molecular weight is 388 g/mol. The molecule has 146 valence electrons. The molecule has 4 heteroatoms. The largest absolute Gasteiger partial charge is 1.00 e. The minimum atomic E-state index is -0.343. The summed E-state index contributed by atoms with van der Waals surface area (Å²) in [5.41, 5.74) is 1.98. The molecule has 27 heavy (non-hydrogen) atoms. The van der Waals surface area contributed by atoms with E-state index in [9.17, 15) is 4.79 Å². The van der Waals surface area contributed by atoms with E-state index in [1.807, 2.05) is 60.7 Å². The first-order chi connectivity index (χ1) is 12.7. The van der Waals surface area contributed by atoms with Gasteiger partial charge in [-0.1, -0.05) is 60.7 Å². The van der Waals surface area contributed by atoms with E-state index in [4.69, 9.17) is 4.74 Å². The maximum atomic E-state index is 12.8. The molecule has 0 radical (unpaired) electrons. The van der Waals surface area contributed by atoms with Crippen molar-refractivity contribution in [3.63, 3.8) is 0 Å². The van der Waals surface area contributed by atoms with Crippen LogP contribution in [0.2, 0.25) is 0 Å². The number of hydrogen-bond donors (Lipinski definition) is 1. The van der Waals surface area contributed by atoms with Crippen molar-refractivity contribution in [2.45, 2.75) is 31.6 Å². The van der Waals surface area contributed by atoms with E-state index >= 15 is 0 Å². The molecule has 0 amide bonds. The van der Waals surface area contributed by atoms with Crippen LogP contribution < -0.4 is 17.3 Å². The molecule has 1 fully saturated rings. The fraction of sp³-hybridized carbons (Fsp3) is 0.435. The molecule has 1 N–H and O–H groups in total. The van der Waals surface area contributed by atoms with Crippen molar-refractivity contribution < 1.29 is 26.8 Å². The standard InChI is InChI=1S/C23H29NO2.ClH/c1-24-16-14-19(15-17-24)9-8-18-26-23(25)22(20-10-4-2-5-11-20)21-12-6-3-7-13-21;/h2-7,10-13,19,22H,8-9,14-18H2,1H3;1H. The zero-order valence-electron chi connectivity index (χ0n) is 16.1. The van der Waals surface area contributed by atoms with Crippen LogP contribution in [0, 0.1) is 5.92 Å². The Morgan fingerprint density at radius 1 is 1.00 bits per heavy atom. The highest BCUT2D eigenvalue weighted by Gasteiger charge is 2.24. The number of benzene rings is 2. The highest BCUT2D eigenvalue weighted by molar-refractivity contribution is 5.82. The van der Waals surface area contributed by atoms with Crippen LogP contribution in [0.5, 0.6) is 0 Å². The monoisotopic (exact) mass is 387 g/mol. The Labute approximate surface area is 169 Å². The van der Waals surface area contributed by atoms with Crippen molar-refractivity contribution in [2.24, 2.45) is 5.92 Å². The summed E-state index contributed by atoms with van der Waals surface area (Å²) in [7, 11) is 2.27. The quantitative estimate of drug-likeness (QED) is 0.538. The van der Waals surface area contributed by atoms with Gasteiger partial charge in [-0.3, -0.25) is 4.79 Å². The predicted molar refractivity (Wildman–Crippen MR) is 104 cm³/mol. The minimum absolute atomic E-state index is 0. The van der Waals surface area contributed by atoms with Crippen LogP contribution in [0.15, 0.2) is 60.7 Å². The molecular formula is C23H30ClNO2. The summed E-state index contributed by atoms with van der Waals surface area (Å²) in [5, 5.41) is 0. The van der Waals surface area contributed by atoms with Gasteiger partial charge in [-0.25, -0.2) is 0 Å². The highest BCUT2D eigenvalue weighted by atomic mass is 35.5. The molecule has 1 saturated heterocycles. The van der Waals surface area contributed by atoms with Gasteiger partial charge in [0, 0.05) is 0 Å². The molecule has 0 bridgehead atoms. The van der Waals surface area contributed by atoms with E-state index < -0.39 is 0 Å². The Hall–Kier alpha value is -1.84.